The number of hydrogen-bond acceptors (Lipinski definition) is 4. The highest BCUT2D eigenvalue weighted by molar-refractivity contribution is 7.13. The monoisotopic (exact) mass is 414 g/mol. The molecule has 152 valence electrons. The average Bonchev–Trinajstić information content (AvgIpc) is 3.30. The molecular weight excluding hydrogens is 388 g/mol. The summed E-state index contributed by atoms with van der Waals surface area (Å²) >= 11 is 1.67. The Kier molecular flexibility index (Phi) is 7.26. The van der Waals surface area contributed by atoms with E-state index in [-0.39, 0.29) is 0 Å². The van der Waals surface area contributed by atoms with E-state index in [1.807, 2.05) is 30.3 Å². The van der Waals surface area contributed by atoms with Crippen LogP contribution in [-0.4, -0.2) is 24.7 Å². The highest BCUT2D eigenvalue weighted by Crippen LogP contribution is 2.29. The van der Waals surface area contributed by atoms with Gasteiger partial charge in [-0.15, -0.1) is 11.3 Å². The first-order valence-electron chi connectivity index (χ1n) is 10.4. The second kappa shape index (κ2) is 10.7. The molecule has 0 spiro atoms. The maximum Gasteiger partial charge on any atom is 0.124 e. The number of thiazole rings is 1. The predicted octanol–water partition coefficient (Wildman–Crippen LogP) is 6.08. The number of aromatic nitrogens is 1. The van der Waals surface area contributed by atoms with Crippen molar-refractivity contribution in [3.63, 3.8) is 0 Å². The highest BCUT2D eigenvalue weighted by Gasteiger charge is 2.06. The van der Waals surface area contributed by atoms with Gasteiger partial charge in [0.2, 0.25) is 0 Å². The Morgan fingerprint density at radius 2 is 1.50 bits per heavy atom. The smallest absolute Gasteiger partial charge is 0.124 e. The minimum absolute atomic E-state index is 0.715. The zero-order valence-electron chi connectivity index (χ0n) is 17.0. The maximum absolute atomic E-state index is 5.88. The first kappa shape index (κ1) is 20.3. The van der Waals surface area contributed by atoms with Gasteiger partial charge in [0.05, 0.1) is 12.3 Å². The first-order valence-corrected chi connectivity index (χ1v) is 11.3. The molecule has 4 rings (SSSR count). The van der Waals surface area contributed by atoms with Crippen molar-refractivity contribution in [1.29, 1.82) is 0 Å². The lowest BCUT2D eigenvalue weighted by molar-refractivity contribution is 0.308. The minimum atomic E-state index is 0.715. The molecule has 0 bridgehead atoms. The zero-order chi connectivity index (χ0) is 20.4. The van der Waals surface area contributed by atoms with Crippen molar-refractivity contribution in [2.24, 2.45) is 0 Å². The van der Waals surface area contributed by atoms with Gasteiger partial charge in [-0.25, -0.2) is 4.98 Å². The molecule has 0 aliphatic heterocycles. The van der Waals surface area contributed by atoms with Crippen molar-refractivity contribution in [2.75, 3.05) is 19.7 Å². The molecule has 0 amide bonds. The van der Waals surface area contributed by atoms with E-state index in [1.165, 1.54) is 5.56 Å². The van der Waals surface area contributed by atoms with Gasteiger partial charge in [0.25, 0.3) is 0 Å². The van der Waals surface area contributed by atoms with E-state index in [0.29, 0.717) is 6.61 Å². The van der Waals surface area contributed by atoms with Gasteiger partial charge in [-0.2, -0.15) is 0 Å². The van der Waals surface area contributed by atoms with Crippen molar-refractivity contribution in [3.05, 3.63) is 95.9 Å². The van der Waals surface area contributed by atoms with E-state index in [4.69, 9.17) is 9.72 Å². The molecule has 0 radical (unpaired) electrons. The third-order valence-electron chi connectivity index (χ3n) is 4.87. The topological polar surface area (TPSA) is 34.1 Å². The third-order valence-corrected chi connectivity index (χ3v) is 5.77. The van der Waals surface area contributed by atoms with E-state index in [2.05, 4.69) is 65.3 Å². The Balaban J connectivity index is 1.18. The number of ether oxygens (including phenoxy) is 1. The van der Waals surface area contributed by atoms with E-state index < -0.39 is 0 Å². The van der Waals surface area contributed by atoms with Crippen LogP contribution in [0.4, 0.5) is 0 Å². The first-order chi connectivity index (χ1) is 14.9. The van der Waals surface area contributed by atoms with E-state index in [1.54, 1.807) is 11.3 Å². The lowest BCUT2D eigenvalue weighted by Gasteiger charge is -2.08. The summed E-state index contributed by atoms with van der Waals surface area (Å²) in [6, 6.07) is 29.1. The summed E-state index contributed by atoms with van der Waals surface area (Å²) in [6.45, 7) is 2.68. The van der Waals surface area contributed by atoms with Crippen molar-refractivity contribution < 1.29 is 4.74 Å². The molecule has 1 aromatic heterocycles. The van der Waals surface area contributed by atoms with Gasteiger partial charge in [0.1, 0.15) is 10.8 Å². The van der Waals surface area contributed by atoms with Gasteiger partial charge in [-0.05, 0) is 55.8 Å². The Labute approximate surface area is 182 Å². The van der Waals surface area contributed by atoms with Crippen LogP contribution >= 0.6 is 11.3 Å². The van der Waals surface area contributed by atoms with Crippen LogP contribution in [0.5, 0.6) is 5.75 Å². The molecule has 0 saturated heterocycles. The molecule has 1 N–H and O–H groups in total. The lowest BCUT2D eigenvalue weighted by Crippen LogP contribution is -2.20. The molecule has 0 aliphatic carbocycles. The van der Waals surface area contributed by atoms with Crippen LogP contribution in [0.1, 0.15) is 12.0 Å². The lowest BCUT2D eigenvalue weighted by atomic mass is 10.1. The summed E-state index contributed by atoms with van der Waals surface area (Å²) in [4.78, 5) is 4.78. The van der Waals surface area contributed by atoms with Crippen LogP contribution in [0.3, 0.4) is 0 Å². The molecule has 4 aromatic rings. The summed E-state index contributed by atoms with van der Waals surface area (Å²) in [6.07, 6.45) is 2.05. The SMILES string of the molecule is c1ccc(CCNCCCOc2ccc(-c3csc(-c4ccccc4)n3)cc2)cc1. The van der Waals surface area contributed by atoms with Crippen molar-refractivity contribution in [3.8, 4) is 27.6 Å². The molecule has 1 heterocycles. The summed E-state index contributed by atoms with van der Waals surface area (Å²) in [5.74, 6) is 0.904. The molecule has 0 atom stereocenters. The maximum atomic E-state index is 5.88. The van der Waals surface area contributed by atoms with Gasteiger partial charge in [-0.1, -0.05) is 60.7 Å². The largest absolute Gasteiger partial charge is 0.494 e. The average molecular weight is 415 g/mol. The fraction of sp³-hybridized carbons (Fsp3) is 0.192. The Hall–Kier alpha value is -2.95. The number of hydrogen-bond donors (Lipinski definition) is 1. The molecule has 0 aliphatic rings. The highest BCUT2D eigenvalue weighted by atomic mass is 32.1. The molecule has 0 unspecified atom stereocenters. The van der Waals surface area contributed by atoms with E-state index >= 15 is 0 Å². The number of nitrogens with one attached hydrogen (secondary N) is 1. The van der Waals surface area contributed by atoms with Crippen LogP contribution in [0.25, 0.3) is 21.8 Å². The van der Waals surface area contributed by atoms with E-state index in [0.717, 1.165) is 53.5 Å². The standard InChI is InChI=1S/C26H26N2OS/c1-3-8-21(9-4-1)16-18-27-17-7-19-29-24-14-12-22(13-15-24)25-20-30-26(28-25)23-10-5-2-6-11-23/h1-6,8-15,20,27H,7,16-19H2. The molecule has 3 aromatic carbocycles. The third kappa shape index (κ3) is 5.78. The predicted molar refractivity (Wildman–Crippen MR) is 126 cm³/mol. The van der Waals surface area contributed by atoms with E-state index in [9.17, 15) is 0 Å². The van der Waals surface area contributed by atoms with Gasteiger partial charge in [0.15, 0.2) is 0 Å². The van der Waals surface area contributed by atoms with Crippen LogP contribution in [0.15, 0.2) is 90.3 Å². The van der Waals surface area contributed by atoms with Crippen LogP contribution in [-0.2, 0) is 6.42 Å². The molecular formula is C26H26N2OS. The summed E-state index contributed by atoms with van der Waals surface area (Å²) in [5.41, 5.74) is 4.65. The van der Waals surface area contributed by atoms with Crippen molar-refractivity contribution in [1.82, 2.24) is 10.3 Å². The normalized spacial score (nSPS) is 10.8. The van der Waals surface area contributed by atoms with Crippen LogP contribution in [0, 0.1) is 0 Å². The molecule has 4 heteroatoms. The molecule has 0 fully saturated rings. The molecule has 0 saturated carbocycles. The summed E-state index contributed by atoms with van der Waals surface area (Å²) in [5, 5.41) is 6.64. The molecule has 30 heavy (non-hydrogen) atoms. The Bertz CT molecular complexity index is 1010. The minimum Gasteiger partial charge on any atom is -0.494 e. The number of rotatable bonds is 10. The van der Waals surface area contributed by atoms with Gasteiger partial charge >= 0.3 is 0 Å². The molecule has 3 nitrogen and oxygen atoms in total. The quantitative estimate of drug-likeness (QED) is 0.319. The second-order valence-corrected chi connectivity index (χ2v) is 7.97. The van der Waals surface area contributed by atoms with Crippen LogP contribution < -0.4 is 10.1 Å². The fourth-order valence-electron chi connectivity index (χ4n) is 3.23. The van der Waals surface area contributed by atoms with Gasteiger partial charge in [-0.3, -0.25) is 0 Å². The Morgan fingerprint density at radius 3 is 2.27 bits per heavy atom. The number of nitrogens with zero attached hydrogens (tertiary/aromatic N) is 1. The number of benzene rings is 3. The van der Waals surface area contributed by atoms with Gasteiger partial charge in [0, 0.05) is 16.5 Å². The van der Waals surface area contributed by atoms with Crippen molar-refractivity contribution >= 4 is 11.3 Å². The van der Waals surface area contributed by atoms with Crippen LogP contribution in [0.2, 0.25) is 0 Å². The van der Waals surface area contributed by atoms with Crippen molar-refractivity contribution in [2.45, 2.75) is 12.8 Å². The summed E-state index contributed by atoms with van der Waals surface area (Å²) < 4.78 is 5.88. The fourth-order valence-corrected chi connectivity index (χ4v) is 4.07. The van der Waals surface area contributed by atoms with Gasteiger partial charge < -0.3 is 10.1 Å². The zero-order valence-corrected chi connectivity index (χ0v) is 17.8. The second-order valence-electron chi connectivity index (χ2n) is 7.12. The Morgan fingerprint density at radius 1 is 0.767 bits per heavy atom. The summed E-state index contributed by atoms with van der Waals surface area (Å²) in [7, 11) is 0.